The van der Waals surface area contributed by atoms with Crippen LogP contribution in [0.3, 0.4) is 0 Å². The predicted molar refractivity (Wildman–Crippen MR) is 38.7 cm³/mol. The minimum atomic E-state index is -1.47. The van der Waals surface area contributed by atoms with Crippen LogP contribution in [0.15, 0.2) is 11.9 Å². The highest BCUT2D eigenvalue weighted by Crippen LogP contribution is 2.52. The molecule has 0 aromatic heterocycles. The monoisotopic (exact) mass is 158 g/mol. The smallest absolute Gasteiger partial charge is 0.364 e. The van der Waals surface area contributed by atoms with Crippen molar-refractivity contribution in [3.63, 3.8) is 0 Å². The molecular formula is C8H11FO2. The molecule has 1 N–H and O–H groups in total. The van der Waals surface area contributed by atoms with E-state index in [9.17, 15) is 9.18 Å². The van der Waals surface area contributed by atoms with Crippen LogP contribution in [0.4, 0.5) is 4.39 Å². The fourth-order valence-electron chi connectivity index (χ4n) is 1.04. The fourth-order valence-corrected chi connectivity index (χ4v) is 1.04. The molecule has 0 bridgehead atoms. The highest BCUT2D eigenvalue weighted by Gasteiger charge is 2.44. The second-order valence-corrected chi connectivity index (χ2v) is 3.62. The molecule has 1 atom stereocenters. The first-order chi connectivity index (χ1) is 4.93. The topological polar surface area (TPSA) is 37.3 Å². The standard InChI is InChI=1S/C8H11FO2/c1-8(2)4-5(8)3-6(9)7(10)11/h3,5H,4H2,1-2H3,(H,10,11)/b6-3+. The van der Waals surface area contributed by atoms with Crippen LogP contribution in [0.1, 0.15) is 20.3 Å². The van der Waals surface area contributed by atoms with Crippen LogP contribution >= 0.6 is 0 Å². The maximum Gasteiger partial charge on any atom is 0.364 e. The average molecular weight is 158 g/mol. The summed E-state index contributed by atoms with van der Waals surface area (Å²) in [4.78, 5) is 10.0. The quantitative estimate of drug-likeness (QED) is 0.624. The van der Waals surface area contributed by atoms with Gasteiger partial charge in [0.25, 0.3) is 0 Å². The van der Waals surface area contributed by atoms with Crippen molar-refractivity contribution >= 4 is 5.97 Å². The Kier molecular flexibility index (Phi) is 1.74. The summed E-state index contributed by atoms with van der Waals surface area (Å²) in [6.07, 6.45) is 2.08. The van der Waals surface area contributed by atoms with Gasteiger partial charge in [0.2, 0.25) is 5.83 Å². The molecule has 0 amide bonds. The van der Waals surface area contributed by atoms with E-state index in [1.165, 1.54) is 6.08 Å². The van der Waals surface area contributed by atoms with Crippen LogP contribution in [0.2, 0.25) is 0 Å². The second kappa shape index (κ2) is 2.32. The molecule has 1 aliphatic carbocycles. The summed E-state index contributed by atoms with van der Waals surface area (Å²) in [5, 5.41) is 8.19. The van der Waals surface area contributed by atoms with Gasteiger partial charge in [-0.2, -0.15) is 4.39 Å². The number of hydrogen-bond acceptors (Lipinski definition) is 1. The molecule has 0 saturated heterocycles. The zero-order valence-electron chi connectivity index (χ0n) is 6.60. The van der Waals surface area contributed by atoms with Gasteiger partial charge in [0, 0.05) is 0 Å². The van der Waals surface area contributed by atoms with E-state index < -0.39 is 11.8 Å². The van der Waals surface area contributed by atoms with Crippen molar-refractivity contribution in [3.8, 4) is 0 Å². The molecule has 0 spiro atoms. The van der Waals surface area contributed by atoms with Crippen molar-refractivity contribution in [1.29, 1.82) is 0 Å². The highest BCUT2D eigenvalue weighted by atomic mass is 19.1. The van der Waals surface area contributed by atoms with E-state index in [1.807, 2.05) is 13.8 Å². The van der Waals surface area contributed by atoms with Gasteiger partial charge in [-0.05, 0) is 23.8 Å². The Morgan fingerprint density at radius 3 is 2.45 bits per heavy atom. The largest absolute Gasteiger partial charge is 0.476 e. The molecule has 0 radical (unpaired) electrons. The van der Waals surface area contributed by atoms with Crippen LogP contribution in [0.5, 0.6) is 0 Å². The van der Waals surface area contributed by atoms with Gasteiger partial charge in [-0.25, -0.2) is 4.79 Å². The average Bonchev–Trinajstić information content (AvgIpc) is 2.39. The Balaban J connectivity index is 2.55. The Labute approximate surface area is 64.7 Å². The molecule has 0 aliphatic heterocycles. The maximum atomic E-state index is 12.4. The van der Waals surface area contributed by atoms with E-state index in [2.05, 4.69) is 0 Å². The summed E-state index contributed by atoms with van der Waals surface area (Å²) in [5.41, 5.74) is 0.104. The normalized spacial score (nSPS) is 28.3. The summed E-state index contributed by atoms with van der Waals surface area (Å²) in [7, 11) is 0. The molecule has 1 aliphatic rings. The third-order valence-electron chi connectivity index (χ3n) is 2.14. The number of aliphatic carboxylic acids is 1. The van der Waals surface area contributed by atoms with Gasteiger partial charge in [-0.3, -0.25) is 0 Å². The molecule has 1 unspecified atom stereocenters. The lowest BCUT2D eigenvalue weighted by Gasteiger charge is -1.95. The second-order valence-electron chi connectivity index (χ2n) is 3.62. The molecule has 0 heterocycles. The first-order valence-corrected chi connectivity index (χ1v) is 3.54. The summed E-state index contributed by atoms with van der Waals surface area (Å²) in [6.45, 7) is 3.98. The van der Waals surface area contributed by atoms with E-state index in [0.717, 1.165) is 6.42 Å². The zero-order valence-corrected chi connectivity index (χ0v) is 6.60. The fraction of sp³-hybridized carbons (Fsp3) is 0.625. The molecule has 1 saturated carbocycles. The summed E-state index contributed by atoms with van der Waals surface area (Å²) < 4.78 is 12.4. The first kappa shape index (κ1) is 8.24. The van der Waals surface area contributed by atoms with Crippen molar-refractivity contribution < 1.29 is 14.3 Å². The van der Waals surface area contributed by atoms with Gasteiger partial charge < -0.3 is 5.11 Å². The lowest BCUT2D eigenvalue weighted by atomic mass is 10.1. The van der Waals surface area contributed by atoms with Crippen LogP contribution in [-0.2, 0) is 4.79 Å². The molecule has 3 heteroatoms. The van der Waals surface area contributed by atoms with Gasteiger partial charge in [0.15, 0.2) is 0 Å². The van der Waals surface area contributed by atoms with Crippen molar-refractivity contribution in [2.75, 3.05) is 0 Å². The molecule has 1 fully saturated rings. The molecule has 62 valence electrons. The number of carboxylic acids is 1. The van der Waals surface area contributed by atoms with E-state index in [-0.39, 0.29) is 11.3 Å². The molecular weight excluding hydrogens is 147 g/mol. The summed E-state index contributed by atoms with van der Waals surface area (Å²) in [6, 6.07) is 0. The predicted octanol–water partition coefficient (Wildman–Crippen LogP) is 1.97. The van der Waals surface area contributed by atoms with Crippen LogP contribution in [0.25, 0.3) is 0 Å². The van der Waals surface area contributed by atoms with E-state index in [1.54, 1.807) is 0 Å². The zero-order chi connectivity index (χ0) is 8.65. The number of carboxylic acid groups (broad SMARTS) is 1. The number of allylic oxidation sites excluding steroid dienone is 1. The highest BCUT2D eigenvalue weighted by molar-refractivity contribution is 5.84. The lowest BCUT2D eigenvalue weighted by molar-refractivity contribution is -0.134. The number of halogens is 1. The van der Waals surface area contributed by atoms with E-state index in [4.69, 9.17) is 5.11 Å². The third-order valence-corrected chi connectivity index (χ3v) is 2.14. The number of carbonyl (C=O) groups is 1. The van der Waals surface area contributed by atoms with Crippen molar-refractivity contribution in [2.24, 2.45) is 11.3 Å². The molecule has 1 rings (SSSR count). The Bertz CT molecular complexity index is 218. The molecule has 0 aromatic rings. The van der Waals surface area contributed by atoms with Gasteiger partial charge >= 0.3 is 5.97 Å². The van der Waals surface area contributed by atoms with Crippen LogP contribution in [-0.4, -0.2) is 11.1 Å². The first-order valence-electron chi connectivity index (χ1n) is 3.54. The number of hydrogen-bond donors (Lipinski definition) is 1. The van der Waals surface area contributed by atoms with Gasteiger partial charge in [0.1, 0.15) is 0 Å². The van der Waals surface area contributed by atoms with Gasteiger partial charge in [-0.15, -0.1) is 0 Å². The van der Waals surface area contributed by atoms with E-state index in [0.29, 0.717) is 0 Å². The summed E-state index contributed by atoms with van der Waals surface area (Å²) >= 11 is 0. The Hall–Kier alpha value is -0.860. The van der Waals surface area contributed by atoms with Gasteiger partial charge in [-0.1, -0.05) is 13.8 Å². The van der Waals surface area contributed by atoms with Crippen LogP contribution in [0, 0.1) is 11.3 Å². The van der Waals surface area contributed by atoms with E-state index >= 15 is 0 Å². The maximum absolute atomic E-state index is 12.4. The Morgan fingerprint density at radius 1 is 1.73 bits per heavy atom. The minimum absolute atomic E-state index is 0.104. The van der Waals surface area contributed by atoms with Crippen molar-refractivity contribution in [3.05, 3.63) is 11.9 Å². The SMILES string of the molecule is CC1(C)CC1/C=C(/F)C(=O)O. The van der Waals surface area contributed by atoms with Gasteiger partial charge in [0.05, 0.1) is 0 Å². The minimum Gasteiger partial charge on any atom is -0.476 e. The molecule has 2 nitrogen and oxygen atoms in total. The number of rotatable bonds is 2. The summed E-state index contributed by atoms with van der Waals surface area (Å²) in [5.74, 6) is -2.38. The molecule has 0 aromatic carbocycles. The lowest BCUT2D eigenvalue weighted by Crippen LogP contribution is -1.96. The molecule has 11 heavy (non-hydrogen) atoms. The van der Waals surface area contributed by atoms with Crippen molar-refractivity contribution in [2.45, 2.75) is 20.3 Å². The van der Waals surface area contributed by atoms with Crippen molar-refractivity contribution in [1.82, 2.24) is 0 Å². The third kappa shape index (κ3) is 1.79. The van der Waals surface area contributed by atoms with Crippen LogP contribution < -0.4 is 0 Å². The Morgan fingerprint density at radius 2 is 2.18 bits per heavy atom.